The smallest absolute Gasteiger partial charge is 0.418 e. The van der Waals surface area contributed by atoms with E-state index in [0.29, 0.717) is 11.9 Å². The van der Waals surface area contributed by atoms with Crippen LogP contribution >= 0.6 is 0 Å². The summed E-state index contributed by atoms with van der Waals surface area (Å²) in [6.45, 7) is 2.45. The predicted molar refractivity (Wildman–Crippen MR) is 128 cm³/mol. The third kappa shape index (κ3) is 4.33. The molecule has 0 radical (unpaired) electrons. The highest BCUT2D eigenvalue weighted by molar-refractivity contribution is 5.92. The number of nitrogens with zero attached hydrogens (tertiary/aromatic N) is 4. The second-order valence-electron chi connectivity index (χ2n) is 8.28. The van der Waals surface area contributed by atoms with Crippen LogP contribution in [0.4, 0.5) is 22.0 Å². The lowest BCUT2D eigenvalue weighted by Crippen LogP contribution is -2.12. The summed E-state index contributed by atoms with van der Waals surface area (Å²) in [4.78, 5) is 32.5. The van der Waals surface area contributed by atoms with Gasteiger partial charge in [0, 0.05) is 36.4 Å². The molecular formula is C26H16F5N5O2. The molecule has 4 heterocycles. The SMILES string of the molecule is Cc1c(Oc2ncc(C(F)(F)F)c(C)c2-c2cc(=O)c3c(-c4cnccn4)nccc3[nH]2)ccc(F)c1F. The van der Waals surface area contributed by atoms with Crippen LogP contribution in [0.3, 0.4) is 0 Å². The maximum Gasteiger partial charge on any atom is 0.418 e. The highest BCUT2D eigenvalue weighted by atomic mass is 19.4. The summed E-state index contributed by atoms with van der Waals surface area (Å²) in [6.07, 6.45) is 1.54. The fourth-order valence-electron chi connectivity index (χ4n) is 4.06. The molecule has 1 N–H and O–H groups in total. The number of rotatable bonds is 4. The molecule has 0 aliphatic heterocycles. The van der Waals surface area contributed by atoms with Gasteiger partial charge in [0.05, 0.1) is 33.9 Å². The number of benzene rings is 1. The molecule has 38 heavy (non-hydrogen) atoms. The van der Waals surface area contributed by atoms with Crippen LogP contribution in [-0.2, 0) is 6.18 Å². The van der Waals surface area contributed by atoms with Gasteiger partial charge in [-0.15, -0.1) is 0 Å². The van der Waals surface area contributed by atoms with Crippen LogP contribution in [0.1, 0.15) is 16.7 Å². The Bertz CT molecular complexity index is 1750. The van der Waals surface area contributed by atoms with Gasteiger partial charge in [-0.1, -0.05) is 0 Å². The average Bonchev–Trinajstić information content (AvgIpc) is 2.88. The zero-order valence-electron chi connectivity index (χ0n) is 19.7. The standard InChI is InChI=1S/C26H16F5N5O2/c1-12-14(26(29,30)31)10-35-25(38-20-4-3-15(27)23(28)13(20)2)21(12)17-9-19(37)22-16(36-17)5-6-34-24(22)18-11-32-7-8-33-18/h3-11H,1-2H3,(H,36,37). The topological polar surface area (TPSA) is 93.7 Å². The molecule has 1 aromatic carbocycles. The van der Waals surface area contributed by atoms with E-state index in [1.54, 1.807) is 0 Å². The molecule has 0 bridgehead atoms. The monoisotopic (exact) mass is 525 g/mol. The summed E-state index contributed by atoms with van der Waals surface area (Å²) in [5, 5.41) is 0.147. The van der Waals surface area contributed by atoms with E-state index in [1.165, 1.54) is 44.7 Å². The Labute approximate surface area is 211 Å². The van der Waals surface area contributed by atoms with E-state index in [0.717, 1.165) is 18.2 Å². The maximum atomic E-state index is 14.1. The van der Waals surface area contributed by atoms with Gasteiger partial charge in [0.15, 0.2) is 17.1 Å². The fourth-order valence-corrected chi connectivity index (χ4v) is 4.06. The molecule has 0 saturated carbocycles. The Morgan fingerprint density at radius 2 is 1.71 bits per heavy atom. The molecule has 4 aromatic heterocycles. The van der Waals surface area contributed by atoms with Crippen molar-refractivity contribution < 1.29 is 26.7 Å². The van der Waals surface area contributed by atoms with E-state index in [1.807, 2.05) is 0 Å². The third-order valence-corrected chi connectivity index (χ3v) is 5.92. The molecule has 12 heteroatoms. The van der Waals surface area contributed by atoms with Gasteiger partial charge in [-0.2, -0.15) is 13.2 Å². The average molecular weight is 525 g/mol. The normalized spacial score (nSPS) is 11.7. The van der Waals surface area contributed by atoms with Crippen molar-refractivity contribution in [1.29, 1.82) is 0 Å². The molecule has 192 valence electrons. The first kappa shape index (κ1) is 24.9. The number of alkyl halides is 3. The Hall–Kier alpha value is -4.74. The van der Waals surface area contributed by atoms with Crippen molar-refractivity contribution in [3.05, 3.63) is 93.8 Å². The number of halogens is 5. The van der Waals surface area contributed by atoms with Crippen molar-refractivity contribution in [2.45, 2.75) is 20.0 Å². The lowest BCUT2D eigenvalue weighted by Gasteiger charge is -2.18. The van der Waals surface area contributed by atoms with Gasteiger partial charge in [0.25, 0.3) is 0 Å². The molecule has 5 rings (SSSR count). The van der Waals surface area contributed by atoms with Gasteiger partial charge < -0.3 is 9.72 Å². The van der Waals surface area contributed by atoms with E-state index in [4.69, 9.17) is 4.74 Å². The molecule has 0 spiro atoms. The summed E-state index contributed by atoms with van der Waals surface area (Å²) in [6, 6.07) is 4.54. The van der Waals surface area contributed by atoms with Crippen molar-refractivity contribution in [2.24, 2.45) is 0 Å². The summed E-state index contributed by atoms with van der Waals surface area (Å²) in [5.74, 6) is -2.79. The highest BCUT2D eigenvalue weighted by Crippen LogP contribution is 2.41. The molecule has 0 unspecified atom stereocenters. The summed E-state index contributed by atoms with van der Waals surface area (Å²) < 4.78 is 74.8. The van der Waals surface area contributed by atoms with Gasteiger partial charge >= 0.3 is 6.18 Å². The molecule has 0 aliphatic rings. The Balaban J connectivity index is 1.75. The molecule has 5 aromatic rings. The third-order valence-electron chi connectivity index (χ3n) is 5.92. The number of hydrogen-bond donors (Lipinski definition) is 1. The van der Waals surface area contributed by atoms with E-state index < -0.39 is 28.8 Å². The number of pyridine rings is 3. The Morgan fingerprint density at radius 3 is 2.42 bits per heavy atom. The lowest BCUT2D eigenvalue weighted by molar-refractivity contribution is -0.138. The predicted octanol–water partition coefficient (Wildman–Crippen LogP) is 6.15. The van der Waals surface area contributed by atoms with E-state index in [9.17, 15) is 26.7 Å². The highest BCUT2D eigenvalue weighted by Gasteiger charge is 2.35. The summed E-state index contributed by atoms with van der Waals surface area (Å²) >= 11 is 0. The van der Waals surface area contributed by atoms with Crippen LogP contribution in [0.25, 0.3) is 33.5 Å². The molecule has 0 fully saturated rings. The first-order valence-corrected chi connectivity index (χ1v) is 11.0. The lowest BCUT2D eigenvalue weighted by atomic mass is 10.0. The van der Waals surface area contributed by atoms with Crippen molar-refractivity contribution in [3.8, 4) is 34.3 Å². The number of hydrogen-bond acceptors (Lipinski definition) is 6. The summed E-state index contributed by atoms with van der Waals surface area (Å²) in [7, 11) is 0. The van der Waals surface area contributed by atoms with Crippen molar-refractivity contribution in [1.82, 2.24) is 24.9 Å². The zero-order chi connectivity index (χ0) is 27.2. The molecule has 0 saturated heterocycles. The van der Waals surface area contributed by atoms with Gasteiger partial charge in [0.1, 0.15) is 17.1 Å². The molecule has 0 amide bonds. The number of aromatic nitrogens is 5. The number of aromatic amines is 1. The van der Waals surface area contributed by atoms with Crippen molar-refractivity contribution >= 4 is 10.9 Å². The second kappa shape index (κ2) is 9.29. The minimum absolute atomic E-state index is 0.0369. The van der Waals surface area contributed by atoms with Gasteiger partial charge in [-0.05, 0) is 37.6 Å². The first-order valence-electron chi connectivity index (χ1n) is 11.0. The van der Waals surface area contributed by atoms with Crippen LogP contribution in [0.5, 0.6) is 11.6 Å². The quantitative estimate of drug-likeness (QED) is 0.283. The summed E-state index contributed by atoms with van der Waals surface area (Å²) in [5.41, 5.74) is -1.52. The Morgan fingerprint density at radius 1 is 0.921 bits per heavy atom. The van der Waals surface area contributed by atoms with Crippen LogP contribution in [-0.4, -0.2) is 24.9 Å². The van der Waals surface area contributed by atoms with E-state index in [-0.39, 0.29) is 50.6 Å². The first-order chi connectivity index (χ1) is 18.1. The van der Waals surface area contributed by atoms with E-state index >= 15 is 0 Å². The number of nitrogens with one attached hydrogen (secondary N) is 1. The van der Waals surface area contributed by atoms with Gasteiger partial charge in [0.2, 0.25) is 5.88 Å². The van der Waals surface area contributed by atoms with Crippen LogP contribution < -0.4 is 10.2 Å². The van der Waals surface area contributed by atoms with Crippen molar-refractivity contribution in [3.63, 3.8) is 0 Å². The molecule has 0 atom stereocenters. The number of fused-ring (bicyclic) bond motifs is 1. The maximum absolute atomic E-state index is 14.1. The van der Waals surface area contributed by atoms with Crippen LogP contribution in [0.15, 0.2) is 60.0 Å². The molecule has 7 nitrogen and oxygen atoms in total. The minimum atomic E-state index is -4.76. The second-order valence-corrected chi connectivity index (χ2v) is 8.28. The number of ether oxygens (including phenoxy) is 1. The van der Waals surface area contributed by atoms with Crippen LogP contribution in [0, 0.1) is 25.5 Å². The molecule has 0 aliphatic carbocycles. The Kier molecular flexibility index (Phi) is 6.09. The largest absolute Gasteiger partial charge is 0.438 e. The van der Waals surface area contributed by atoms with Gasteiger partial charge in [-0.3, -0.25) is 19.7 Å². The zero-order valence-corrected chi connectivity index (χ0v) is 19.7. The van der Waals surface area contributed by atoms with Crippen molar-refractivity contribution in [2.75, 3.05) is 0 Å². The van der Waals surface area contributed by atoms with Gasteiger partial charge in [-0.25, -0.2) is 13.8 Å². The van der Waals surface area contributed by atoms with E-state index in [2.05, 4.69) is 24.9 Å². The molecular weight excluding hydrogens is 509 g/mol. The minimum Gasteiger partial charge on any atom is -0.438 e. The van der Waals surface area contributed by atoms with Crippen LogP contribution in [0.2, 0.25) is 0 Å². The number of H-pyrrole nitrogens is 1. The fraction of sp³-hybridized carbons (Fsp3) is 0.115.